The van der Waals surface area contributed by atoms with Crippen LogP contribution in [0.5, 0.6) is 6.01 Å². The molecular formula is C21H21BrClN5O. The zero-order chi connectivity index (χ0) is 20.1. The zero-order valence-electron chi connectivity index (χ0n) is 15.8. The summed E-state index contributed by atoms with van der Waals surface area (Å²) in [4.78, 5) is 18.6. The van der Waals surface area contributed by atoms with Crippen molar-refractivity contribution in [1.82, 2.24) is 24.8 Å². The molecule has 6 nitrogen and oxygen atoms in total. The Kier molecular flexibility index (Phi) is 6.69. The van der Waals surface area contributed by atoms with E-state index in [2.05, 4.69) is 52.9 Å². The third-order valence-corrected chi connectivity index (χ3v) is 5.78. The molecule has 2 aromatic heterocycles. The maximum Gasteiger partial charge on any atom is 0.316 e. The molecule has 3 aliphatic rings. The van der Waals surface area contributed by atoms with Gasteiger partial charge in [0.15, 0.2) is 0 Å². The molecule has 3 fully saturated rings. The van der Waals surface area contributed by atoms with E-state index in [1.807, 2.05) is 30.6 Å². The number of rotatable bonds is 3. The number of hydrogen-bond donors (Lipinski definition) is 0. The summed E-state index contributed by atoms with van der Waals surface area (Å²) in [5.74, 6) is 0.674. The van der Waals surface area contributed by atoms with Crippen LogP contribution in [0.25, 0.3) is 11.1 Å². The molecule has 2 bridgehead atoms. The third-order valence-electron chi connectivity index (χ3n) is 5.18. The molecule has 5 heterocycles. The Morgan fingerprint density at radius 3 is 2.10 bits per heavy atom. The molecule has 0 radical (unpaired) electrons. The number of nitrogens with zero attached hydrogens (tertiary/aromatic N) is 5. The second-order valence-corrected chi connectivity index (χ2v) is 8.34. The van der Waals surface area contributed by atoms with Gasteiger partial charge in [0.2, 0.25) is 5.28 Å². The molecule has 0 N–H and O–H groups in total. The van der Waals surface area contributed by atoms with Gasteiger partial charge in [-0.1, -0.05) is 30.3 Å². The summed E-state index contributed by atoms with van der Waals surface area (Å²) in [7, 11) is 0. The molecule has 3 aliphatic heterocycles. The van der Waals surface area contributed by atoms with E-state index in [9.17, 15) is 0 Å². The van der Waals surface area contributed by atoms with Crippen LogP contribution in [0.1, 0.15) is 12.8 Å². The van der Waals surface area contributed by atoms with Crippen molar-refractivity contribution >= 4 is 27.5 Å². The van der Waals surface area contributed by atoms with Gasteiger partial charge in [-0.2, -0.15) is 0 Å². The fourth-order valence-electron chi connectivity index (χ4n) is 3.63. The minimum Gasteiger partial charge on any atom is -0.458 e. The molecule has 0 spiro atoms. The summed E-state index contributed by atoms with van der Waals surface area (Å²) >= 11 is 8.53. The van der Waals surface area contributed by atoms with Crippen molar-refractivity contribution in [2.45, 2.75) is 18.9 Å². The first-order valence-electron chi connectivity index (χ1n) is 9.57. The summed E-state index contributed by atoms with van der Waals surface area (Å²) in [5, 5.41) is 0.271. The van der Waals surface area contributed by atoms with Crippen molar-refractivity contribution < 1.29 is 4.74 Å². The number of hydrogen-bond acceptors (Lipinski definition) is 6. The van der Waals surface area contributed by atoms with E-state index < -0.39 is 0 Å². The van der Waals surface area contributed by atoms with Crippen molar-refractivity contribution in [2.75, 3.05) is 19.6 Å². The van der Waals surface area contributed by atoms with E-state index in [-0.39, 0.29) is 11.4 Å². The van der Waals surface area contributed by atoms with Crippen LogP contribution in [0.3, 0.4) is 0 Å². The van der Waals surface area contributed by atoms with E-state index in [1.54, 1.807) is 12.4 Å². The summed E-state index contributed by atoms with van der Waals surface area (Å²) in [6.45, 7) is 3.46. The maximum absolute atomic E-state index is 6.02. The summed E-state index contributed by atoms with van der Waals surface area (Å²) < 4.78 is 6.85. The van der Waals surface area contributed by atoms with Crippen molar-refractivity contribution in [3.63, 3.8) is 0 Å². The third kappa shape index (κ3) is 5.50. The Morgan fingerprint density at radius 2 is 1.55 bits per heavy atom. The highest BCUT2D eigenvalue weighted by molar-refractivity contribution is 9.10. The van der Waals surface area contributed by atoms with Crippen LogP contribution in [0.4, 0.5) is 0 Å². The molecule has 1 atom stereocenters. The van der Waals surface area contributed by atoms with Gasteiger partial charge in [0.25, 0.3) is 0 Å². The average molecular weight is 475 g/mol. The van der Waals surface area contributed by atoms with Crippen molar-refractivity contribution in [2.24, 2.45) is 5.92 Å². The fourth-order valence-corrected chi connectivity index (χ4v) is 3.94. The van der Waals surface area contributed by atoms with E-state index in [4.69, 9.17) is 16.3 Å². The smallest absolute Gasteiger partial charge is 0.316 e. The van der Waals surface area contributed by atoms with Gasteiger partial charge in [0, 0.05) is 36.9 Å². The van der Waals surface area contributed by atoms with E-state index in [0.29, 0.717) is 11.9 Å². The predicted molar refractivity (Wildman–Crippen MR) is 116 cm³/mol. The molecule has 0 aliphatic carbocycles. The second-order valence-electron chi connectivity index (χ2n) is 7.08. The lowest BCUT2D eigenvalue weighted by molar-refractivity contribution is -0.0123. The zero-order valence-corrected chi connectivity index (χ0v) is 18.1. The van der Waals surface area contributed by atoms with Crippen LogP contribution in [0, 0.1) is 5.92 Å². The maximum atomic E-state index is 6.02. The molecule has 150 valence electrons. The van der Waals surface area contributed by atoms with Gasteiger partial charge in [-0.25, -0.2) is 19.9 Å². The lowest BCUT2D eigenvalue weighted by Crippen LogP contribution is -2.52. The number of fused-ring (bicyclic) bond motifs is 3. The number of halogens is 2. The minimum atomic E-state index is 0.259. The van der Waals surface area contributed by atoms with Crippen LogP contribution < -0.4 is 4.74 Å². The monoisotopic (exact) mass is 473 g/mol. The summed E-state index contributed by atoms with van der Waals surface area (Å²) in [5.41, 5.74) is 2.16. The standard InChI is InChI=1S/C17H19N3O.C4H2BrClN2/c1-2-4-13(5-3-1)15-10-18-17(19-11-15)21-16-12-20-8-6-14(16)7-9-20;5-3-1-7-4(6)8-2-3/h1-5,10-11,14,16H,6-9,12H2;1-2H/t16-;/m0./s1. The number of piperidine rings is 3. The van der Waals surface area contributed by atoms with Crippen LogP contribution >= 0.6 is 27.5 Å². The molecule has 0 unspecified atom stereocenters. The quantitative estimate of drug-likeness (QED) is 0.521. The summed E-state index contributed by atoms with van der Waals surface area (Å²) in [6, 6.07) is 10.7. The Morgan fingerprint density at radius 1 is 0.897 bits per heavy atom. The first-order chi connectivity index (χ1) is 14.2. The molecule has 29 heavy (non-hydrogen) atoms. The van der Waals surface area contributed by atoms with Crippen molar-refractivity contribution in [1.29, 1.82) is 0 Å². The Balaban J connectivity index is 0.000000216. The Hall–Kier alpha value is -2.09. The van der Waals surface area contributed by atoms with E-state index in [1.165, 1.54) is 25.9 Å². The normalized spacial score (nSPS) is 22.5. The van der Waals surface area contributed by atoms with Gasteiger partial charge >= 0.3 is 6.01 Å². The van der Waals surface area contributed by atoms with Gasteiger partial charge in [-0.3, -0.25) is 4.90 Å². The minimum absolute atomic E-state index is 0.259. The molecular weight excluding hydrogens is 454 g/mol. The van der Waals surface area contributed by atoms with Gasteiger partial charge in [0.05, 0.1) is 4.47 Å². The average Bonchev–Trinajstić information content (AvgIpc) is 2.78. The van der Waals surface area contributed by atoms with Crippen molar-refractivity contribution in [3.8, 4) is 17.1 Å². The number of aromatic nitrogens is 4. The lowest BCUT2D eigenvalue weighted by atomic mass is 9.86. The molecule has 6 rings (SSSR count). The van der Waals surface area contributed by atoms with Gasteiger partial charge in [0.1, 0.15) is 6.10 Å². The van der Waals surface area contributed by atoms with Gasteiger partial charge < -0.3 is 4.74 Å². The predicted octanol–water partition coefficient (Wildman–Crippen LogP) is 4.51. The Bertz CT molecular complexity index is 882. The molecule has 0 amide bonds. The van der Waals surface area contributed by atoms with Gasteiger partial charge in [-0.15, -0.1) is 0 Å². The summed E-state index contributed by atoms with van der Waals surface area (Å²) in [6.07, 6.45) is 9.62. The first-order valence-corrected chi connectivity index (χ1v) is 10.7. The molecule has 1 aromatic carbocycles. The molecule has 3 aromatic rings. The van der Waals surface area contributed by atoms with E-state index in [0.717, 1.165) is 22.1 Å². The largest absolute Gasteiger partial charge is 0.458 e. The highest BCUT2D eigenvalue weighted by atomic mass is 79.9. The topological polar surface area (TPSA) is 64.0 Å². The number of ether oxygens (including phenoxy) is 1. The van der Waals surface area contributed by atoms with Crippen LogP contribution in [0.2, 0.25) is 5.28 Å². The second kappa shape index (κ2) is 9.61. The highest BCUT2D eigenvalue weighted by Crippen LogP contribution is 2.30. The lowest BCUT2D eigenvalue weighted by Gasteiger charge is -2.43. The molecule has 8 heteroatoms. The fraction of sp³-hybridized carbons (Fsp3) is 0.333. The van der Waals surface area contributed by atoms with E-state index >= 15 is 0 Å². The number of benzene rings is 1. The SMILES string of the molecule is Clc1ncc(Br)cn1.c1ccc(-c2cnc(O[C@H]3CN4CCC3CC4)nc2)cc1. The van der Waals surface area contributed by atoms with Crippen LogP contribution in [-0.2, 0) is 0 Å². The van der Waals surface area contributed by atoms with Crippen LogP contribution in [0.15, 0.2) is 59.6 Å². The van der Waals surface area contributed by atoms with Crippen LogP contribution in [-0.4, -0.2) is 50.6 Å². The Labute approximate surface area is 183 Å². The highest BCUT2D eigenvalue weighted by Gasteiger charge is 2.35. The van der Waals surface area contributed by atoms with Gasteiger partial charge in [-0.05, 0) is 64.9 Å². The molecule has 3 saturated heterocycles. The first kappa shape index (κ1) is 20.2. The van der Waals surface area contributed by atoms with Crippen molar-refractivity contribution in [3.05, 3.63) is 64.9 Å². The molecule has 0 saturated carbocycles.